The molecule has 1 N–H and O–H groups in total. The van der Waals surface area contributed by atoms with Gasteiger partial charge in [0.25, 0.3) is 0 Å². The molecule has 1 aromatic heterocycles. The minimum absolute atomic E-state index is 1.02. The highest BCUT2D eigenvalue weighted by Gasteiger charge is 2.01. The Kier molecular flexibility index (Phi) is 3.09. The van der Waals surface area contributed by atoms with E-state index in [4.69, 9.17) is 0 Å². The number of rotatable bonds is 3. The second kappa shape index (κ2) is 3.88. The van der Waals surface area contributed by atoms with Gasteiger partial charge in [-0.2, -0.15) is 0 Å². The summed E-state index contributed by atoms with van der Waals surface area (Å²) < 4.78 is 0. The molecular weight excluding hydrogens is 154 g/mol. The zero-order valence-electron chi connectivity index (χ0n) is 7.40. The first kappa shape index (κ1) is 8.75. The van der Waals surface area contributed by atoms with Crippen molar-refractivity contribution in [2.24, 2.45) is 0 Å². The molecular formula is C9H15NS. The molecule has 11 heavy (non-hydrogen) atoms. The van der Waals surface area contributed by atoms with Crippen LogP contribution in [0, 0.1) is 13.8 Å². The highest BCUT2D eigenvalue weighted by Crippen LogP contribution is 2.19. The van der Waals surface area contributed by atoms with E-state index >= 15 is 0 Å². The zero-order chi connectivity index (χ0) is 8.27. The minimum atomic E-state index is 1.02. The van der Waals surface area contributed by atoms with Crippen molar-refractivity contribution in [3.05, 3.63) is 21.4 Å². The Labute approximate surface area is 72.4 Å². The Bertz CT molecular complexity index is 227. The SMILES string of the molecule is CCNCc1csc(C)c1C. The fourth-order valence-corrected chi connectivity index (χ4v) is 1.88. The fraction of sp³-hybridized carbons (Fsp3) is 0.556. The lowest BCUT2D eigenvalue weighted by atomic mass is 10.2. The van der Waals surface area contributed by atoms with Crippen molar-refractivity contribution in [1.29, 1.82) is 0 Å². The molecule has 0 saturated carbocycles. The molecule has 2 heteroatoms. The van der Waals surface area contributed by atoms with Crippen molar-refractivity contribution in [1.82, 2.24) is 5.32 Å². The van der Waals surface area contributed by atoms with Crippen LogP contribution in [0.5, 0.6) is 0 Å². The third-order valence-corrected chi connectivity index (χ3v) is 3.02. The molecule has 1 nitrogen and oxygen atoms in total. The average Bonchev–Trinajstić information content (AvgIpc) is 2.31. The summed E-state index contributed by atoms with van der Waals surface area (Å²) in [5.41, 5.74) is 2.91. The maximum Gasteiger partial charge on any atom is 0.0216 e. The third-order valence-electron chi connectivity index (χ3n) is 1.95. The van der Waals surface area contributed by atoms with E-state index in [9.17, 15) is 0 Å². The predicted octanol–water partition coefficient (Wildman–Crippen LogP) is 2.47. The quantitative estimate of drug-likeness (QED) is 0.733. The van der Waals surface area contributed by atoms with Crippen LogP contribution in [0.3, 0.4) is 0 Å². The normalized spacial score (nSPS) is 10.5. The van der Waals surface area contributed by atoms with E-state index < -0.39 is 0 Å². The van der Waals surface area contributed by atoms with Crippen LogP contribution in [0.1, 0.15) is 22.9 Å². The number of hydrogen-bond acceptors (Lipinski definition) is 2. The second-order valence-corrected chi connectivity index (χ2v) is 3.81. The molecule has 0 radical (unpaired) electrons. The first-order valence-electron chi connectivity index (χ1n) is 4.00. The van der Waals surface area contributed by atoms with E-state index in [0.717, 1.165) is 13.1 Å². The first-order chi connectivity index (χ1) is 5.25. The maximum absolute atomic E-state index is 3.33. The first-order valence-corrected chi connectivity index (χ1v) is 4.88. The van der Waals surface area contributed by atoms with Crippen molar-refractivity contribution in [3.63, 3.8) is 0 Å². The molecule has 0 unspecified atom stereocenters. The smallest absolute Gasteiger partial charge is 0.0216 e. The highest BCUT2D eigenvalue weighted by atomic mass is 32.1. The third kappa shape index (κ3) is 2.04. The van der Waals surface area contributed by atoms with Gasteiger partial charge in [0.15, 0.2) is 0 Å². The molecule has 0 aliphatic carbocycles. The van der Waals surface area contributed by atoms with Crippen molar-refractivity contribution in [2.75, 3.05) is 6.54 Å². The summed E-state index contributed by atoms with van der Waals surface area (Å²) in [6.07, 6.45) is 0. The molecule has 1 heterocycles. The average molecular weight is 169 g/mol. The second-order valence-electron chi connectivity index (χ2n) is 2.72. The molecule has 0 bridgehead atoms. The largest absolute Gasteiger partial charge is 0.313 e. The summed E-state index contributed by atoms with van der Waals surface area (Å²) in [5, 5.41) is 5.57. The van der Waals surface area contributed by atoms with E-state index in [1.165, 1.54) is 16.0 Å². The highest BCUT2D eigenvalue weighted by molar-refractivity contribution is 7.10. The van der Waals surface area contributed by atoms with Crippen LogP contribution in [0.15, 0.2) is 5.38 Å². The van der Waals surface area contributed by atoms with Gasteiger partial charge in [0.05, 0.1) is 0 Å². The van der Waals surface area contributed by atoms with Gasteiger partial charge in [-0.05, 0) is 36.9 Å². The summed E-state index contributed by atoms with van der Waals surface area (Å²) >= 11 is 1.84. The van der Waals surface area contributed by atoms with Crippen molar-refractivity contribution in [3.8, 4) is 0 Å². The van der Waals surface area contributed by atoms with Crippen LogP contribution >= 0.6 is 11.3 Å². The summed E-state index contributed by atoms with van der Waals surface area (Å²) in [6, 6.07) is 0. The van der Waals surface area contributed by atoms with Gasteiger partial charge in [0.2, 0.25) is 0 Å². The molecule has 0 amide bonds. The summed E-state index contributed by atoms with van der Waals surface area (Å²) in [5.74, 6) is 0. The molecule has 0 fully saturated rings. The standard InChI is InChI=1S/C9H15NS/c1-4-10-5-9-6-11-8(3)7(9)2/h6,10H,4-5H2,1-3H3. The van der Waals surface area contributed by atoms with Crippen LogP contribution in [0.4, 0.5) is 0 Å². The fourth-order valence-electron chi connectivity index (χ4n) is 0.996. The number of nitrogens with one attached hydrogen (secondary N) is 1. The predicted molar refractivity (Wildman–Crippen MR) is 51.2 cm³/mol. The molecule has 0 aliphatic rings. The Balaban J connectivity index is 2.63. The maximum atomic E-state index is 3.33. The van der Waals surface area contributed by atoms with E-state index in [1.54, 1.807) is 0 Å². The van der Waals surface area contributed by atoms with Gasteiger partial charge in [-0.15, -0.1) is 11.3 Å². The Morgan fingerprint density at radius 1 is 1.45 bits per heavy atom. The van der Waals surface area contributed by atoms with Gasteiger partial charge < -0.3 is 5.32 Å². The van der Waals surface area contributed by atoms with E-state index in [1.807, 2.05) is 11.3 Å². The zero-order valence-corrected chi connectivity index (χ0v) is 8.22. The van der Waals surface area contributed by atoms with E-state index in [-0.39, 0.29) is 0 Å². The van der Waals surface area contributed by atoms with Gasteiger partial charge in [-0.25, -0.2) is 0 Å². The van der Waals surface area contributed by atoms with Crippen LogP contribution in [0.25, 0.3) is 0 Å². The minimum Gasteiger partial charge on any atom is -0.313 e. The number of hydrogen-bond donors (Lipinski definition) is 1. The molecule has 0 aromatic carbocycles. The molecule has 1 aromatic rings. The molecule has 0 aliphatic heterocycles. The van der Waals surface area contributed by atoms with Crippen molar-refractivity contribution >= 4 is 11.3 Å². The van der Waals surface area contributed by atoms with Crippen LogP contribution in [-0.4, -0.2) is 6.54 Å². The molecule has 0 atom stereocenters. The van der Waals surface area contributed by atoms with Crippen molar-refractivity contribution in [2.45, 2.75) is 27.3 Å². The topological polar surface area (TPSA) is 12.0 Å². The van der Waals surface area contributed by atoms with Gasteiger partial charge in [-0.1, -0.05) is 6.92 Å². The van der Waals surface area contributed by atoms with E-state index in [0.29, 0.717) is 0 Å². The van der Waals surface area contributed by atoms with Gasteiger partial charge >= 0.3 is 0 Å². The lowest BCUT2D eigenvalue weighted by Gasteiger charge is -2.00. The summed E-state index contributed by atoms with van der Waals surface area (Å²) in [7, 11) is 0. The Morgan fingerprint density at radius 3 is 2.64 bits per heavy atom. The summed E-state index contributed by atoms with van der Waals surface area (Å²) in [4.78, 5) is 1.44. The molecule has 0 spiro atoms. The summed E-state index contributed by atoms with van der Waals surface area (Å²) in [6.45, 7) is 8.57. The lowest BCUT2D eigenvalue weighted by molar-refractivity contribution is 0.725. The molecule has 62 valence electrons. The van der Waals surface area contributed by atoms with Crippen LogP contribution < -0.4 is 5.32 Å². The monoisotopic (exact) mass is 169 g/mol. The van der Waals surface area contributed by atoms with Gasteiger partial charge in [-0.3, -0.25) is 0 Å². The van der Waals surface area contributed by atoms with Gasteiger partial charge in [0, 0.05) is 11.4 Å². The Morgan fingerprint density at radius 2 is 2.18 bits per heavy atom. The molecule has 0 saturated heterocycles. The van der Waals surface area contributed by atoms with Crippen LogP contribution in [-0.2, 0) is 6.54 Å². The molecule has 1 rings (SSSR count). The lowest BCUT2D eigenvalue weighted by Crippen LogP contribution is -2.11. The van der Waals surface area contributed by atoms with E-state index in [2.05, 4.69) is 31.5 Å². The van der Waals surface area contributed by atoms with Gasteiger partial charge in [0.1, 0.15) is 0 Å². The van der Waals surface area contributed by atoms with Crippen molar-refractivity contribution < 1.29 is 0 Å². The Hall–Kier alpha value is -0.340. The number of aryl methyl sites for hydroxylation is 1. The van der Waals surface area contributed by atoms with Crippen LogP contribution in [0.2, 0.25) is 0 Å². The number of thiophene rings is 1.